The summed E-state index contributed by atoms with van der Waals surface area (Å²) in [5, 5.41) is 3.97. The van der Waals surface area contributed by atoms with Gasteiger partial charge in [0.15, 0.2) is 34.6 Å². The van der Waals surface area contributed by atoms with Crippen LogP contribution in [0.3, 0.4) is 0 Å². The van der Waals surface area contributed by atoms with Crippen LogP contribution in [0.2, 0.25) is 0 Å². The molecular formula is C40H34N8S. The fourth-order valence-corrected chi connectivity index (χ4v) is 7.86. The highest BCUT2D eigenvalue weighted by atomic mass is 32.2. The summed E-state index contributed by atoms with van der Waals surface area (Å²) in [4.78, 5) is 34.6. The van der Waals surface area contributed by atoms with E-state index in [4.69, 9.17) is 29.9 Å². The second-order valence-corrected chi connectivity index (χ2v) is 13.5. The predicted molar refractivity (Wildman–Crippen MR) is 201 cm³/mol. The van der Waals surface area contributed by atoms with Gasteiger partial charge in [-0.25, -0.2) is 29.9 Å². The molecule has 49 heavy (non-hydrogen) atoms. The average Bonchev–Trinajstić information content (AvgIpc) is 3.86. The Labute approximate surface area is 287 Å². The molecule has 0 atom stereocenters. The Bertz CT molecular complexity index is 2390. The molecule has 0 fully saturated rings. The van der Waals surface area contributed by atoms with E-state index in [9.17, 15) is 0 Å². The Morgan fingerprint density at radius 3 is 1.37 bits per heavy atom. The van der Waals surface area contributed by atoms with E-state index in [0.29, 0.717) is 34.6 Å². The SMILES string of the molecule is CCCCCCCCSn1c2nc3nc(nc4[nH]c(nc5nc(nc1c1ccccc12)-c1ccccc1-5)c1ccccc41)-c1ccccc1-3. The quantitative estimate of drug-likeness (QED) is 0.162. The molecule has 0 spiro atoms. The lowest BCUT2D eigenvalue weighted by Gasteiger charge is -2.05. The van der Waals surface area contributed by atoms with Gasteiger partial charge in [0.1, 0.15) is 11.3 Å². The van der Waals surface area contributed by atoms with Gasteiger partial charge in [0.05, 0.1) is 0 Å². The molecule has 240 valence electrons. The minimum absolute atomic E-state index is 0.617. The zero-order valence-electron chi connectivity index (χ0n) is 27.2. The van der Waals surface area contributed by atoms with Crippen LogP contribution in [-0.2, 0) is 0 Å². The summed E-state index contributed by atoms with van der Waals surface area (Å²) >= 11 is 1.76. The van der Waals surface area contributed by atoms with Crippen LogP contribution in [0.25, 0.3) is 89.7 Å². The molecule has 7 aromatic rings. The average molecular weight is 659 g/mol. The summed E-state index contributed by atoms with van der Waals surface area (Å²) < 4.78 is 2.20. The van der Waals surface area contributed by atoms with E-state index in [0.717, 1.165) is 67.3 Å². The highest BCUT2D eigenvalue weighted by molar-refractivity contribution is 7.98. The lowest BCUT2D eigenvalue weighted by molar-refractivity contribution is 0.627. The van der Waals surface area contributed by atoms with Gasteiger partial charge in [-0.1, -0.05) is 136 Å². The van der Waals surface area contributed by atoms with Crippen LogP contribution in [0.15, 0.2) is 97.1 Å². The third kappa shape index (κ3) is 5.25. The molecule has 0 unspecified atom stereocenters. The Morgan fingerprint density at radius 1 is 0.469 bits per heavy atom. The van der Waals surface area contributed by atoms with Crippen molar-refractivity contribution >= 4 is 56.1 Å². The molecule has 2 aliphatic heterocycles. The molecule has 2 aliphatic rings. The van der Waals surface area contributed by atoms with Crippen LogP contribution >= 0.6 is 11.9 Å². The van der Waals surface area contributed by atoms with Gasteiger partial charge in [-0.15, -0.1) is 0 Å². The second-order valence-electron chi connectivity index (χ2n) is 12.5. The van der Waals surface area contributed by atoms with Crippen molar-refractivity contribution in [2.45, 2.75) is 45.4 Å². The standard InChI is InChI=1S/C40H34N8S/c1-2-3-4-5-6-15-24-49-48-39-31-22-13-14-23-32(31)40(48)47-38-30-21-12-10-19-28(30)36(45-38)43-34-26-17-8-7-16-25(26)33(41-34)42-35-27-18-9-11-20-29(27)37(44-35)46-39/h7-14,16-23H,2-6,15,24H2,1H3,(H,41,42,43,44,45,46,47). The van der Waals surface area contributed by atoms with Crippen molar-refractivity contribution < 1.29 is 0 Å². The van der Waals surface area contributed by atoms with E-state index < -0.39 is 0 Å². The van der Waals surface area contributed by atoms with Crippen molar-refractivity contribution in [2.75, 3.05) is 5.75 Å². The summed E-state index contributed by atoms with van der Waals surface area (Å²) in [6.45, 7) is 2.26. The van der Waals surface area contributed by atoms with E-state index >= 15 is 0 Å². The Kier molecular flexibility index (Phi) is 7.61. The molecule has 0 amide bonds. The van der Waals surface area contributed by atoms with Crippen LogP contribution in [0.5, 0.6) is 0 Å². The second kappa shape index (κ2) is 12.6. The Hall–Kier alpha value is -5.41. The lowest BCUT2D eigenvalue weighted by atomic mass is 10.1. The van der Waals surface area contributed by atoms with Crippen molar-refractivity contribution in [3.63, 3.8) is 0 Å². The van der Waals surface area contributed by atoms with Gasteiger partial charge >= 0.3 is 0 Å². The van der Waals surface area contributed by atoms with E-state index in [-0.39, 0.29) is 0 Å². The van der Waals surface area contributed by atoms with Crippen LogP contribution in [0.4, 0.5) is 0 Å². The fourth-order valence-electron chi connectivity index (χ4n) is 6.82. The highest BCUT2D eigenvalue weighted by Crippen LogP contribution is 2.38. The highest BCUT2D eigenvalue weighted by Gasteiger charge is 2.23. The number of rotatable bonds is 8. The summed E-state index contributed by atoms with van der Waals surface area (Å²) in [6.07, 6.45) is 7.43. The Balaban J connectivity index is 1.37. The number of aromatic nitrogens is 8. The molecule has 4 aromatic carbocycles. The molecule has 8 nitrogen and oxygen atoms in total. The van der Waals surface area contributed by atoms with Gasteiger partial charge in [-0.05, 0) is 18.4 Å². The maximum absolute atomic E-state index is 5.35. The molecular weight excluding hydrogens is 625 g/mol. The van der Waals surface area contributed by atoms with Crippen molar-refractivity contribution in [1.29, 1.82) is 0 Å². The molecule has 0 saturated heterocycles. The van der Waals surface area contributed by atoms with Gasteiger partial charge in [0, 0.05) is 49.6 Å². The number of nitrogens with one attached hydrogen (secondary N) is 1. The zero-order chi connectivity index (χ0) is 32.7. The van der Waals surface area contributed by atoms with Crippen molar-refractivity contribution in [1.82, 2.24) is 38.9 Å². The van der Waals surface area contributed by atoms with Crippen LogP contribution in [-0.4, -0.2) is 44.6 Å². The largest absolute Gasteiger partial charge is 0.324 e. The van der Waals surface area contributed by atoms with Gasteiger partial charge in [0.25, 0.3) is 0 Å². The van der Waals surface area contributed by atoms with Crippen molar-refractivity contribution in [2.24, 2.45) is 0 Å². The number of aromatic amines is 1. The summed E-state index contributed by atoms with van der Waals surface area (Å²) in [6, 6.07) is 33.0. The normalized spacial score (nSPS) is 12.0. The third-order valence-corrected chi connectivity index (χ3v) is 10.4. The minimum Gasteiger partial charge on any atom is -0.324 e. The fraction of sp³-hybridized carbons (Fsp3) is 0.200. The first kappa shape index (κ1) is 29.7. The zero-order valence-corrected chi connectivity index (χ0v) is 28.0. The first-order valence-electron chi connectivity index (χ1n) is 17.1. The van der Waals surface area contributed by atoms with Crippen LogP contribution in [0, 0.1) is 0 Å². The van der Waals surface area contributed by atoms with Gasteiger partial charge in [-0.2, -0.15) is 0 Å². The van der Waals surface area contributed by atoms with Gasteiger partial charge < -0.3 is 4.98 Å². The molecule has 9 rings (SSSR count). The maximum Gasteiger partial charge on any atom is 0.164 e. The predicted octanol–water partition coefficient (Wildman–Crippen LogP) is 10.2. The molecule has 3 aromatic heterocycles. The first-order chi connectivity index (χ1) is 24.3. The Morgan fingerprint density at radius 2 is 0.878 bits per heavy atom. The molecule has 5 heterocycles. The molecule has 9 heteroatoms. The first-order valence-corrected chi connectivity index (χ1v) is 18.1. The van der Waals surface area contributed by atoms with Gasteiger partial charge in [0.2, 0.25) is 0 Å². The van der Waals surface area contributed by atoms with E-state index in [1.54, 1.807) is 11.9 Å². The smallest absolute Gasteiger partial charge is 0.164 e. The number of benzene rings is 4. The number of hydrogen-bond acceptors (Lipinski definition) is 7. The van der Waals surface area contributed by atoms with Gasteiger partial charge in [-0.3, -0.25) is 3.97 Å². The number of fused-ring (bicyclic) bond motifs is 20. The van der Waals surface area contributed by atoms with Crippen LogP contribution < -0.4 is 0 Å². The molecule has 0 radical (unpaired) electrons. The number of unbranched alkanes of at least 4 members (excludes halogenated alkanes) is 5. The minimum atomic E-state index is 0.617. The summed E-state index contributed by atoms with van der Waals surface area (Å²) in [7, 11) is 0. The number of hydrogen-bond donors (Lipinski definition) is 1. The lowest BCUT2D eigenvalue weighted by Crippen LogP contribution is -1.94. The topological polar surface area (TPSA) is 98.1 Å². The number of nitrogens with zero attached hydrogens (tertiary/aromatic N) is 7. The maximum atomic E-state index is 5.35. The monoisotopic (exact) mass is 658 g/mol. The molecule has 8 bridgehead atoms. The third-order valence-electron chi connectivity index (χ3n) is 9.29. The van der Waals surface area contributed by atoms with E-state index in [1.807, 2.05) is 36.4 Å². The van der Waals surface area contributed by atoms with Crippen LogP contribution in [0.1, 0.15) is 45.4 Å². The molecule has 1 N–H and O–H groups in total. The van der Waals surface area contributed by atoms with Crippen molar-refractivity contribution in [3.05, 3.63) is 97.1 Å². The number of H-pyrrole nitrogens is 1. The molecule has 0 saturated carbocycles. The summed E-state index contributed by atoms with van der Waals surface area (Å²) in [5.74, 6) is 3.46. The molecule has 0 aliphatic carbocycles. The summed E-state index contributed by atoms with van der Waals surface area (Å²) in [5.41, 5.74) is 6.84. The van der Waals surface area contributed by atoms with E-state index in [1.165, 1.54) is 32.1 Å². The van der Waals surface area contributed by atoms with E-state index in [2.05, 4.69) is 76.5 Å². The van der Waals surface area contributed by atoms with Crippen molar-refractivity contribution in [3.8, 4) is 45.6 Å².